The average molecular weight is 495 g/mol. The van der Waals surface area contributed by atoms with Crippen LogP contribution < -0.4 is 0 Å². The number of fused-ring (bicyclic) bond motifs is 1. The largest absolute Gasteiger partial charge is 0.339 e. The van der Waals surface area contributed by atoms with Crippen LogP contribution in [-0.4, -0.2) is 87.6 Å². The number of hydrogen-bond donors (Lipinski definition) is 0. The van der Waals surface area contributed by atoms with Crippen LogP contribution in [0.25, 0.3) is 28.2 Å². The minimum Gasteiger partial charge on any atom is -0.339 e. The van der Waals surface area contributed by atoms with E-state index in [9.17, 15) is 4.79 Å². The number of rotatable bonds is 4. The van der Waals surface area contributed by atoms with Gasteiger partial charge in [-0.1, -0.05) is 42.0 Å². The number of amides is 1. The fourth-order valence-electron chi connectivity index (χ4n) is 5.54. The van der Waals surface area contributed by atoms with Crippen LogP contribution in [0.3, 0.4) is 0 Å². The van der Waals surface area contributed by atoms with Gasteiger partial charge in [0.2, 0.25) is 0 Å². The maximum atomic E-state index is 13.2. The number of likely N-dealkylation sites (N-methyl/N-ethyl adjacent to an activating group) is 1. The van der Waals surface area contributed by atoms with Gasteiger partial charge >= 0.3 is 0 Å². The van der Waals surface area contributed by atoms with E-state index in [1.807, 2.05) is 52.0 Å². The molecule has 190 valence electrons. The van der Waals surface area contributed by atoms with E-state index in [1.54, 1.807) is 0 Å². The first-order valence-corrected chi connectivity index (χ1v) is 13.3. The van der Waals surface area contributed by atoms with Crippen LogP contribution in [-0.2, 0) is 0 Å². The molecule has 7 nitrogen and oxygen atoms in total. The Kier molecular flexibility index (Phi) is 6.49. The third-order valence-electron chi connectivity index (χ3n) is 7.94. The maximum Gasteiger partial charge on any atom is 0.253 e. The first-order valence-electron chi connectivity index (χ1n) is 13.3. The first kappa shape index (κ1) is 23.8. The quantitative estimate of drug-likeness (QED) is 0.425. The molecule has 2 aliphatic rings. The van der Waals surface area contributed by atoms with E-state index in [0.717, 1.165) is 85.8 Å². The SMILES string of the molecule is Cc1ccc(-c2cnc3ccc(-c4ccc(C(=O)N5CCC(N6CCN(C)CC6)CC5)cc4)nn23)cc1. The summed E-state index contributed by atoms with van der Waals surface area (Å²) in [5, 5.41) is 4.88. The fourth-order valence-corrected chi connectivity index (χ4v) is 5.54. The molecule has 0 bridgehead atoms. The molecule has 4 aromatic rings. The average Bonchev–Trinajstić information content (AvgIpc) is 3.37. The summed E-state index contributed by atoms with van der Waals surface area (Å²) in [4.78, 5) is 24.8. The number of piperidine rings is 1. The number of aryl methyl sites for hydroxylation is 1. The van der Waals surface area contributed by atoms with Crippen molar-refractivity contribution in [2.45, 2.75) is 25.8 Å². The minimum absolute atomic E-state index is 0.128. The second kappa shape index (κ2) is 10.1. The van der Waals surface area contributed by atoms with Crippen LogP contribution in [0, 0.1) is 6.92 Å². The summed E-state index contributed by atoms with van der Waals surface area (Å²) in [6, 6.07) is 20.9. The van der Waals surface area contributed by atoms with Gasteiger partial charge in [-0.05, 0) is 51.1 Å². The molecule has 7 heteroatoms. The van der Waals surface area contributed by atoms with E-state index >= 15 is 0 Å². The predicted octanol–water partition coefficient (Wildman–Crippen LogP) is 4.22. The summed E-state index contributed by atoms with van der Waals surface area (Å²) in [7, 11) is 2.19. The second-order valence-electron chi connectivity index (χ2n) is 10.4. The number of hydrogen-bond acceptors (Lipinski definition) is 5. The molecule has 1 amide bonds. The van der Waals surface area contributed by atoms with E-state index in [-0.39, 0.29) is 5.91 Å². The van der Waals surface area contributed by atoms with Crippen molar-refractivity contribution in [1.29, 1.82) is 0 Å². The van der Waals surface area contributed by atoms with E-state index in [1.165, 1.54) is 5.56 Å². The molecule has 0 N–H and O–H groups in total. The van der Waals surface area contributed by atoms with Crippen LogP contribution in [0.5, 0.6) is 0 Å². The molecule has 2 fully saturated rings. The van der Waals surface area contributed by atoms with Gasteiger partial charge in [-0.15, -0.1) is 0 Å². The van der Waals surface area contributed by atoms with Gasteiger partial charge in [0.05, 0.1) is 17.6 Å². The lowest BCUT2D eigenvalue weighted by atomic mass is 10.0. The van der Waals surface area contributed by atoms with E-state index in [4.69, 9.17) is 5.10 Å². The highest BCUT2D eigenvalue weighted by Gasteiger charge is 2.28. The number of aromatic nitrogens is 3. The van der Waals surface area contributed by atoms with Crippen molar-refractivity contribution in [3.05, 3.63) is 78.0 Å². The number of carbonyl (C=O) groups excluding carboxylic acids is 1. The summed E-state index contributed by atoms with van der Waals surface area (Å²) in [6.45, 7) is 8.31. The van der Waals surface area contributed by atoms with Crippen molar-refractivity contribution in [3.8, 4) is 22.5 Å². The van der Waals surface area contributed by atoms with Crippen molar-refractivity contribution in [1.82, 2.24) is 29.3 Å². The van der Waals surface area contributed by atoms with Gasteiger partial charge in [0, 0.05) is 62.0 Å². The summed E-state index contributed by atoms with van der Waals surface area (Å²) in [5.74, 6) is 0.128. The highest BCUT2D eigenvalue weighted by atomic mass is 16.2. The molecule has 2 aliphatic heterocycles. The van der Waals surface area contributed by atoms with Crippen molar-refractivity contribution in [3.63, 3.8) is 0 Å². The molecule has 2 aromatic carbocycles. The molecule has 37 heavy (non-hydrogen) atoms. The van der Waals surface area contributed by atoms with Gasteiger partial charge < -0.3 is 9.80 Å². The maximum absolute atomic E-state index is 13.2. The number of piperazine rings is 1. The summed E-state index contributed by atoms with van der Waals surface area (Å²) < 4.78 is 1.89. The lowest BCUT2D eigenvalue weighted by Gasteiger charge is -2.42. The molecule has 4 heterocycles. The van der Waals surface area contributed by atoms with E-state index in [2.05, 4.69) is 53.0 Å². The molecular formula is C30H34N6O. The molecule has 0 atom stereocenters. The van der Waals surface area contributed by atoms with Crippen molar-refractivity contribution >= 4 is 11.6 Å². The molecular weight excluding hydrogens is 460 g/mol. The topological polar surface area (TPSA) is 57.0 Å². The van der Waals surface area contributed by atoms with Gasteiger partial charge in [0.15, 0.2) is 5.65 Å². The number of benzene rings is 2. The standard InChI is InChI=1S/C30H34N6O/c1-22-3-5-24(6-4-22)28-21-31-29-12-11-27(32-36(28)29)23-7-9-25(10-8-23)30(37)35-15-13-26(14-16-35)34-19-17-33(2)18-20-34/h3-12,21,26H,13-20H2,1-2H3. The van der Waals surface area contributed by atoms with E-state index < -0.39 is 0 Å². The Bertz CT molecular complexity index is 1380. The number of nitrogens with zero attached hydrogens (tertiary/aromatic N) is 6. The molecule has 0 spiro atoms. The number of likely N-dealkylation sites (tertiary alicyclic amines) is 1. The third-order valence-corrected chi connectivity index (χ3v) is 7.94. The molecule has 0 radical (unpaired) electrons. The third kappa shape index (κ3) is 4.89. The molecule has 2 saturated heterocycles. The lowest BCUT2D eigenvalue weighted by molar-refractivity contribution is 0.0519. The lowest BCUT2D eigenvalue weighted by Crippen LogP contribution is -2.52. The Morgan fingerprint density at radius 3 is 2.19 bits per heavy atom. The van der Waals surface area contributed by atoms with Crippen LogP contribution in [0.4, 0.5) is 0 Å². The zero-order chi connectivity index (χ0) is 25.4. The van der Waals surface area contributed by atoms with Gasteiger partial charge in [-0.25, -0.2) is 9.50 Å². The van der Waals surface area contributed by atoms with Crippen LogP contribution in [0.1, 0.15) is 28.8 Å². The highest BCUT2D eigenvalue weighted by Crippen LogP contribution is 2.25. The number of carbonyl (C=O) groups is 1. The van der Waals surface area contributed by atoms with Crippen molar-refractivity contribution in [2.75, 3.05) is 46.3 Å². The Hall–Kier alpha value is -3.55. The molecule has 0 unspecified atom stereocenters. The van der Waals surface area contributed by atoms with Gasteiger partial charge in [0.25, 0.3) is 5.91 Å². The smallest absolute Gasteiger partial charge is 0.253 e. The monoisotopic (exact) mass is 494 g/mol. The number of imidazole rings is 1. The molecule has 6 rings (SSSR count). The normalized spacial score (nSPS) is 17.9. The Morgan fingerprint density at radius 2 is 1.49 bits per heavy atom. The van der Waals surface area contributed by atoms with Crippen LogP contribution in [0.2, 0.25) is 0 Å². The van der Waals surface area contributed by atoms with Crippen LogP contribution in [0.15, 0.2) is 66.9 Å². The van der Waals surface area contributed by atoms with Crippen molar-refractivity contribution in [2.24, 2.45) is 0 Å². The zero-order valence-electron chi connectivity index (χ0n) is 21.7. The van der Waals surface area contributed by atoms with E-state index in [0.29, 0.717) is 6.04 Å². The fraction of sp³-hybridized carbons (Fsp3) is 0.367. The summed E-state index contributed by atoms with van der Waals surface area (Å²) in [5.41, 5.74) is 6.66. The predicted molar refractivity (Wildman–Crippen MR) is 147 cm³/mol. The molecule has 2 aromatic heterocycles. The van der Waals surface area contributed by atoms with Crippen LogP contribution >= 0.6 is 0 Å². The Labute approximate surface area is 218 Å². The Morgan fingerprint density at radius 1 is 0.811 bits per heavy atom. The van der Waals surface area contributed by atoms with Gasteiger partial charge in [-0.3, -0.25) is 9.69 Å². The second-order valence-corrected chi connectivity index (χ2v) is 10.4. The highest BCUT2D eigenvalue weighted by molar-refractivity contribution is 5.94. The van der Waals surface area contributed by atoms with Crippen molar-refractivity contribution < 1.29 is 4.79 Å². The summed E-state index contributed by atoms with van der Waals surface area (Å²) >= 11 is 0. The van der Waals surface area contributed by atoms with Gasteiger partial charge in [-0.2, -0.15) is 5.10 Å². The van der Waals surface area contributed by atoms with Gasteiger partial charge in [0.1, 0.15) is 0 Å². The zero-order valence-corrected chi connectivity index (χ0v) is 21.7. The summed E-state index contributed by atoms with van der Waals surface area (Å²) in [6.07, 6.45) is 3.99. The minimum atomic E-state index is 0.128. The molecule has 0 saturated carbocycles. The molecule has 0 aliphatic carbocycles. The Balaban J connectivity index is 1.14. The first-order chi connectivity index (χ1) is 18.0.